The number of amides is 1. The van der Waals surface area contributed by atoms with Gasteiger partial charge >= 0.3 is 0 Å². The Hall–Kier alpha value is -2.80. The van der Waals surface area contributed by atoms with E-state index in [1.165, 1.54) is 24.3 Å². The lowest BCUT2D eigenvalue weighted by Crippen LogP contribution is -2.39. The van der Waals surface area contributed by atoms with Crippen LogP contribution in [0, 0.1) is 15.9 Å². The highest BCUT2D eigenvalue weighted by atomic mass is 19.1. The van der Waals surface area contributed by atoms with Gasteiger partial charge in [0.25, 0.3) is 11.6 Å². The Morgan fingerprint density at radius 3 is 2.67 bits per heavy atom. The molecule has 0 spiro atoms. The Balaban J connectivity index is 1.97. The molecule has 1 atom stereocenters. The van der Waals surface area contributed by atoms with Gasteiger partial charge in [-0.15, -0.1) is 0 Å². The molecule has 1 amide bonds. The molecule has 160 valence electrons. The Labute approximate surface area is 176 Å². The van der Waals surface area contributed by atoms with E-state index in [1.54, 1.807) is 23.1 Å². The van der Waals surface area contributed by atoms with Gasteiger partial charge in [-0.2, -0.15) is 0 Å². The van der Waals surface area contributed by atoms with E-state index in [0.29, 0.717) is 12.2 Å². The average Bonchev–Trinajstić information content (AvgIpc) is 3.06. The van der Waals surface area contributed by atoms with Crippen molar-refractivity contribution in [2.75, 3.05) is 31.6 Å². The van der Waals surface area contributed by atoms with E-state index in [0.717, 1.165) is 37.9 Å². The van der Waals surface area contributed by atoms with Crippen molar-refractivity contribution in [1.29, 1.82) is 0 Å². The van der Waals surface area contributed by atoms with E-state index in [9.17, 15) is 19.3 Å². The molecule has 3 rings (SSSR count). The van der Waals surface area contributed by atoms with Gasteiger partial charge in [-0.1, -0.05) is 19.9 Å². The number of nitro benzene ring substituents is 1. The van der Waals surface area contributed by atoms with E-state index < -0.39 is 4.92 Å². The Kier molecular flexibility index (Phi) is 6.51. The molecule has 0 saturated carbocycles. The van der Waals surface area contributed by atoms with Crippen LogP contribution in [-0.4, -0.2) is 42.4 Å². The van der Waals surface area contributed by atoms with E-state index >= 15 is 0 Å². The maximum absolute atomic E-state index is 14.2. The number of non-ortho nitro benzene ring substituents is 1. The first-order valence-electron chi connectivity index (χ1n) is 10.4. The van der Waals surface area contributed by atoms with Gasteiger partial charge in [0, 0.05) is 35.3 Å². The monoisotopic (exact) mass is 413 g/mol. The maximum Gasteiger partial charge on any atom is 0.270 e. The molecular formula is C23H28FN3O3. The minimum absolute atomic E-state index is 0.123. The number of halogens is 1. The van der Waals surface area contributed by atoms with Crippen molar-refractivity contribution in [3.63, 3.8) is 0 Å². The Bertz CT molecular complexity index is 949. The minimum Gasteiger partial charge on any atom is -0.307 e. The van der Waals surface area contributed by atoms with Crippen molar-refractivity contribution in [2.24, 2.45) is 0 Å². The summed E-state index contributed by atoms with van der Waals surface area (Å²) in [6.07, 6.45) is 2.62. The number of rotatable bonds is 8. The molecule has 0 aromatic heterocycles. The van der Waals surface area contributed by atoms with Crippen LogP contribution in [0.2, 0.25) is 0 Å². The molecule has 1 aliphatic rings. The van der Waals surface area contributed by atoms with Gasteiger partial charge in [-0.3, -0.25) is 14.9 Å². The summed E-state index contributed by atoms with van der Waals surface area (Å²) < 4.78 is 14.2. The molecule has 1 unspecified atom stereocenters. The predicted molar refractivity (Wildman–Crippen MR) is 116 cm³/mol. The van der Waals surface area contributed by atoms with Crippen LogP contribution in [-0.2, 0) is 5.41 Å². The molecule has 0 aliphatic carbocycles. The second-order valence-corrected chi connectivity index (χ2v) is 8.05. The van der Waals surface area contributed by atoms with Crippen LogP contribution in [0.5, 0.6) is 0 Å². The summed E-state index contributed by atoms with van der Waals surface area (Å²) in [5.41, 5.74) is 1.31. The van der Waals surface area contributed by atoms with Crippen LogP contribution in [0.25, 0.3) is 0 Å². The van der Waals surface area contributed by atoms with Crippen molar-refractivity contribution in [3.05, 3.63) is 69.5 Å². The van der Waals surface area contributed by atoms with Crippen LogP contribution >= 0.6 is 0 Å². The molecule has 30 heavy (non-hydrogen) atoms. The standard InChI is InChI=1S/C23H28FN3O3/c1-4-12-25(3)13-11-23(5-2)16-26(21-10-9-18(24)15-20(21)23)22(28)17-7-6-8-19(14-17)27(29)30/h6-10,14-15H,4-5,11-13,16H2,1-3H3. The lowest BCUT2D eigenvalue weighted by molar-refractivity contribution is -0.384. The summed E-state index contributed by atoms with van der Waals surface area (Å²) in [7, 11) is 2.07. The number of nitrogens with zero attached hydrogens (tertiary/aromatic N) is 3. The van der Waals surface area contributed by atoms with Gasteiger partial charge in [-0.05, 0) is 69.2 Å². The predicted octanol–water partition coefficient (Wildman–Crippen LogP) is 4.77. The van der Waals surface area contributed by atoms with Crippen molar-refractivity contribution >= 4 is 17.3 Å². The average molecular weight is 413 g/mol. The van der Waals surface area contributed by atoms with E-state index in [1.807, 2.05) is 0 Å². The molecule has 7 heteroatoms. The van der Waals surface area contributed by atoms with Crippen molar-refractivity contribution in [1.82, 2.24) is 4.90 Å². The number of benzene rings is 2. The Morgan fingerprint density at radius 2 is 2.00 bits per heavy atom. The second kappa shape index (κ2) is 8.92. The fourth-order valence-corrected chi connectivity index (χ4v) is 4.32. The first-order chi connectivity index (χ1) is 14.3. The highest BCUT2D eigenvalue weighted by molar-refractivity contribution is 6.08. The molecule has 2 aromatic carbocycles. The largest absolute Gasteiger partial charge is 0.307 e. The molecule has 0 fully saturated rings. The maximum atomic E-state index is 14.2. The normalized spacial score (nSPS) is 18.0. The summed E-state index contributed by atoms with van der Waals surface area (Å²) in [6, 6.07) is 10.3. The molecule has 2 aromatic rings. The van der Waals surface area contributed by atoms with Gasteiger partial charge in [0.1, 0.15) is 5.82 Å². The number of carbonyl (C=O) groups is 1. The zero-order valence-corrected chi connectivity index (χ0v) is 17.7. The quantitative estimate of drug-likeness (QED) is 0.462. The van der Waals surface area contributed by atoms with Crippen LogP contribution in [0.1, 0.15) is 49.0 Å². The second-order valence-electron chi connectivity index (χ2n) is 8.05. The summed E-state index contributed by atoms with van der Waals surface area (Å²) in [6.45, 7) is 6.45. The summed E-state index contributed by atoms with van der Waals surface area (Å²) in [5.74, 6) is -0.623. The van der Waals surface area contributed by atoms with E-state index in [-0.39, 0.29) is 28.4 Å². The van der Waals surface area contributed by atoms with Gasteiger partial charge in [0.2, 0.25) is 0 Å². The molecule has 1 heterocycles. The van der Waals surface area contributed by atoms with Crippen LogP contribution < -0.4 is 4.90 Å². The van der Waals surface area contributed by atoms with Crippen molar-refractivity contribution < 1.29 is 14.1 Å². The Morgan fingerprint density at radius 1 is 1.23 bits per heavy atom. The number of nitro groups is 1. The molecule has 0 N–H and O–H groups in total. The lowest BCUT2D eigenvalue weighted by Gasteiger charge is -2.31. The molecule has 6 nitrogen and oxygen atoms in total. The van der Waals surface area contributed by atoms with Crippen LogP contribution in [0.4, 0.5) is 15.8 Å². The van der Waals surface area contributed by atoms with Gasteiger partial charge in [0.15, 0.2) is 0 Å². The highest BCUT2D eigenvalue weighted by Gasteiger charge is 2.43. The molecule has 0 saturated heterocycles. The number of carbonyl (C=O) groups excluding carboxylic acids is 1. The number of fused-ring (bicyclic) bond motifs is 1. The SMILES string of the molecule is CCCN(C)CCC1(CC)CN(C(=O)c2cccc([N+](=O)[O-])c2)c2ccc(F)cc21. The molecule has 0 radical (unpaired) electrons. The molecular weight excluding hydrogens is 385 g/mol. The molecule has 0 bridgehead atoms. The minimum atomic E-state index is -0.510. The fourth-order valence-electron chi connectivity index (χ4n) is 4.32. The van der Waals surface area contributed by atoms with Gasteiger partial charge in [-0.25, -0.2) is 4.39 Å². The zero-order chi connectivity index (χ0) is 21.9. The van der Waals surface area contributed by atoms with Crippen molar-refractivity contribution in [3.8, 4) is 0 Å². The third-order valence-electron chi connectivity index (χ3n) is 6.08. The number of hydrogen-bond donors (Lipinski definition) is 0. The zero-order valence-electron chi connectivity index (χ0n) is 17.7. The van der Waals surface area contributed by atoms with E-state index in [2.05, 4.69) is 25.8 Å². The third-order valence-corrected chi connectivity index (χ3v) is 6.08. The number of anilines is 1. The summed E-state index contributed by atoms with van der Waals surface area (Å²) in [5, 5.41) is 11.1. The van der Waals surface area contributed by atoms with Gasteiger partial charge < -0.3 is 9.80 Å². The summed E-state index contributed by atoms with van der Waals surface area (Å²) >= 11 is 0. The first kappa shape index (κ1) is 21.9. The van der Waals surface area contributed by atoms with E-state index in [4.69, 9.17) is 0 Å². The smallest absolute Gasteiger partial charge is 0.270 e. The third kappa shape index (κ3) is 4.21. The van der Waals surface area contributed by atoms with Crippen molar-refractivity contribution in [2.45, 2.75) is 38.5 Å². The molecule has 1 aliphatic heterocycles. The summed E-state index contributed by atoms with van der Waals surface area (Å²) in [4.78, 5) is 27.8. The van der Waals surface area contributed by atoms with Crippen LogP contribution in [0.3, 0.4) is 0 Å². The lowest BCUT2D eigenvalue weighted by atomic mass is 9.77. The van der Waals surface area contributed by atoms with Crippen LogP contribution in [0.15, 0.2) is 42.5 Å². The topological polar surface area (TPSA) is 66.7 Å². The highest BCUT2D eigenvalue weighted by Crippen LogP contribution is 2.46. The fraction of sp³-hybridized carbons (Fsp3) is 0.435. The van der Waals surface area contributed by atoms with Gasteiger partial charge in [0.05, 0.1) is 4.92 Å². The number of hydrogen-bond acceptors (Lipinski definition) is 4. The first-order valence-corrected chi connectivity index (χ1v) is 10.4.